The lowest BCUT2D eigenvalue weighted by Crippen LogP contribution is -2.11. The van der Waals surface area contributed by atoms with Gasteiger partial charge in [0.05, 0.1) is 5.56 Å². The van der Waals surface area contributed by atoms with Crippen LogP contribution in [0.15, 0.2) is 73.1 Å². The number of anilines is 3. The number of hydrogen-bond acceptors (Lipinski definition) is 3. The highest BCUT2D eigenvalue weighted by Crippen LogP contribution is 2.20. The number of pyridine rings is 1. The average molecular weight is 324 g/mol. The number of carbonyl (C=O) groups is 1. The van der Waals surface area contributed by atoms with Gasteiger partial charge in [-0.05, 0) is 60.7 Å². The summed E-state index contributed by atoms with van der Waals surface area (Å²) in [4.78, 5) is 16.0. The van der Waals surface area contributed by atoms with Crippen molar-refractivity contribution in [2.24, 2.45) is 0 Å². The van der Waals surface area contributed by atoms with Gasteiger partial charge < -0.3 is 10.6 Å². The Hall–Kier alpha value is -2.85. The second kappa shape index (κ2) is 6.94. The van der Waals surface area contributed by atoms with Gasteiger partial charge >= 0.3 is 0 Å². The first kappa shape index (κ1) is 15.1. The topological polar surface area (TPSA) is 54.0 Å². The summed E-state index contributed by atoms with van der Waals surface area (Å²) in [7, 11) is 0. The van der Waals surface area contributed by atoms with E-state index in [4.69, 9.17) is 11.6 Å². The third-order valence-electron chi connectivity index (χ3n) is 3.20. The number of carbonyl (C=O) groups excluding carboxylic acids is 1. The second-order valence-electron chi connectivity index (χ2n) is 4.91. The summed E-state index contributed by atoms with van der Waals surface area (Å²) < 4.78 is 0. The Bertz CT molecular complexity index is 787. The molecular weight excluding hydrogens is 310 g/mol. The van der Waals surface area contributed by atoms with E-state index in [0.717, 1.165) is 17.1 Å². The van der Waals surface area contributed by atoms with Crippen LogP contribution in [0.2, 0.25) is 5.02 Å². The summed E-state index contributed by atoms with van der Waals surface area (Å²) in [6.07, 6.45) is 3.17. The van der Waals surface area contributed by atoms with Crippen molar-refractivity contribution >= 4 is 34.6 Å². The molecule has 0 bridgehead atoms. The monoisotopic (exact) mass is 323 g/mol. The molecule has 0 aliphatic heterocycles. The number of aromatic nitrogens is 1. The SMILES string of the molecule is O=C(Nc1ccc(Nc2ccc(Cl)cc2)cc1)c1cccnc1. The molecule has 0 aliphatic carbocycles. The van der Waals surface area contributed by atoms with Gasteiger partial charge in [0.25, 0.3) is 5.91 Å². The molecule has 1 amide bonds. The average Bonchev–Trinajstić information content (AvgIpc) is 2.59. The van der Waals surface area contributed by atoms with Crippen LogP contribution in [0.1, 0.15) is 10.4 Å². The molecule has 0 aliphatic rings. The Morgan fingerprint density at radius 2 is 1.48 bits per heavy atom. The fraction of sp³-hybridized carbons (Fsp3) is 0. The van der Waals surface area contributed by atoms with Gasteiger partial charge in [-0.1, -0.05) is 11.6 Å². The summed E-state index contributed by atoms with van der Waals surface area (Å²) >= 11 is 5.86. The Morgan fingerprint density at radius 1 is 0.870 bits per heavy atom. The highest BCUT2D eigenvalue weighted by Gasteiger charge is 2.05. The predicted molar refractivity (Wildman–Crippen MR) is 93.4 cm³/mol. The third-order valence-corrected chi connectivity index (χ3v) is 3.45. The van der Waals surface area contributed by atoms with E-state index in [9.17, 15) is 4.79 Å². The number of halogens is 1. The van der Waals surface area contributed by atoms with Crippen molar-refractivity contribution in [2.45, 2.75) is 0 Å². The lowest BCUT2D eigenvalue weighted by molar-refractivity contribution is 0.102. The maximum absolute atomic E-state index is 12.0. The van der Waals surface area contributed by atoms with Crippen LogP contribution < -0.4 is 10.6 Å². The predicted octanol–water partition coefficient (Wildman–Crippen LogP) is 4.73. The van der Waals surface area contributed by atoms with Crippen LogP contribution in [0.25, 0.3) is 0 Å². The first-order valence-corrected chi connectivity index (χ1v) is 7.42. The van der Waals surface area contributed by atoms with Gasteiger partial charge in [-0.15, -0.1) is 0 Å². The largest absolute Gasteiger partial charge is 0.356 e. The fourth-order valence-electron chi connectivity index (χ4n) is 2.04. The molecule has 4 nitrogen and oxygen atoms in total. The summed E-state index contributed by atoms with van der Waals surface area (Å²) in [5.41, 5.74) is 3.12. The van der Waals surface area contributed by atoms with Crippen LogP contribution in [-0.2, 0) is 0 Å². The smallest absolute Gasteiger partial charge is 0.257 e. The van der Waals surface area contributed by atoms with Gasteiger partial charge in [-0.2, -0.15) is 0 Å². The normalized spacial score (nSPS) is 10.1. The van der Waals surface area contributed by atoms with E-state index in [2.05, 4.69) is 15.6 Å². The van der Waals surface area contributed by atoms with E-state index in [0.29, 0.717) is 10.6 Å². The van der Waals surface area contributed by atoms with Crippen LogP contribution in [0, 0.1) is 0 Å². The second-order valence-corrected chi connectivity index (χ2v) is 5.34. The molecule has 0 unspecified atom stereocenters. The quantitative estimate of drug-likeness (QED) is 0.729. The van der Waals surface area contributed by atoms with Crippen molar-refractivity contribution in [2.75, 3.05) is 10.6 Å². The van der Waals surface area contributed by atoms with Crippen molar-refractivity contribution in [1.29, 1.82) is 0 Å². The molecule has 3 rings (SSSR count). The summed E-state index contributed by atoms with van der Waals surface area (Å²) in [5.74, 6) is -0.184. The van der Waals surface area contributed by atoms with Crippen molar-refractivity contribution in [3.8, 4) is 0 Å². The van der Waals surface area contributed by atoms with Gasteiger partial charge in [-0.3, -0.25) is 9.78 Å². The molecule has 23 heavy (non-hydrogen) atoms. The van der Waals surface area contributed by atoms with Crippen LogP contribution in [0.5, 0.6) is 0 Å². The molecule has 0 saturated heterocycles. The molecule has 1 aromatic heterocycles. The van der Waals surface area contributed by atoms with Crippen LogP contribution in [0.3, 0.4) is 0 Å². The van der Waals surface area contributed by atoms with Gasteiger partial charge in [-0.25, -0.2) is 0 Å². The van der Waals surface area contributed by atoms with Gasteiger partial charge in [0.15, 0.2) is 0 Å². The zero-order valence-electron chi connectivity index (χ0n) is 12.2. The summed E-state index contributed by atoms with van der Waals surface area (Å²) in [6.45, 7) is 0. The fourth-order valence-corrected chi connectivity index (χ4v) is 2.16. The molecule has 0 fully saturated rings. The van der Waals surface area contributed by atoms with E-state index in [1.54, 1.807) is 18.3 Å². The molecule has 2 N–H and O–H groups in total. The summed E-state index contributed by atoms with van der Waals surface area (Å²) in [6, 6.07) is 18.4. The van der Waals surface area contributed by atoms with E-state index < -0.39 is 0 Å². The van der Waals surface area contributed by atoms with Crippen LogP contribution in [0.4, 0.5) is 17.1 Å². The van der Waals surface area contributed by atoms with Crippen molar-refractivity contribution in [3.05, 3.63) is 83.6 Å². The Morgan fingerprint density at radius 3 is 2.09 bits per heavy atom. The molecule has 5 heteroatoms. The van der Waals surface area contributed by atoms with E-state index in [1.807, 2.05) is 48.5 Å². The molecule has 1 heterocycles. The van der Waals surface area contributed by atoms with Gasteiger partial charge in [0.2, 0.25) is 0 Å². The number of hydrogen-bond donors (Lipinski definition) is 2. The number of benzene rings is 2. The zero-order chi connectivity index (χ0) is 16.1. The van der Waals surface area contributed by atoms with E-state index >= 15 is 0 Å². The molecule has 2 aromatic carbocycles. The van der Waals surface area contributed by atoms with Crippen LogP contribution in [-0.4, -0.2) is 10.9 Å². The molecule has 114 valence electrons. The van der Waals surface area contributed by atoms with E-state index in [-0.39, 0.29) is 5.91 Å². The highest BCUT2D eigenvalue weighted by molar-refractivity contribution is 6.30. The number of rotatable bonds is 4. The highest BCUT2D eigenvalue weighted by atomic mass is 35.5. The lowest BCUT2D eigenvalue weighted by atomic mass is 10.2. The molecule has 0 radical (unpaired) electrons. The molecular formula is C18H14ClN3O. The van der Waals surface area contributed by atoms with Crippen molar-refractivity contribution in [1.82, 2.24) is 4.98 Å². The Kier molecular flexibility index (Phi) is 4.54. The Labute approximate surface area is 139 Å². The molecule has 0 spiro atoms. The standard InChI is InChI=1S/C18H14ClN3O/c19-14-3-5-15(6-4-14)21-16-7-9-17(10-8-16)22-18(23)13-2-1-11-20-12-13/h1-12,21H,(H,22,23). The number of nitrogens with zero attached hydrogens (tertiary/aromatic N) is 1. The number of nitrogens with one attached hydrogen (secondary N) is 2. The maximum Gasteiger partial charge on any atom is 0.257 e. The molecule has 3 aromatic rings. The minimum Gasteiger partial charge on any atom is -0.356 e. The van der Waals surface area contributed by atoms with Gasteiger partial charge in [0, 0.05) is 34.5 Å². The minimum atomic E-state index is -0.184. The molecule has 0 saturated carbocycles. The van der Waals surface area contributed by atoms with Crippen molar-refractivity contribution < 1.29 is 4.79 Å². The van der Waals surface area contributed by atoms with Crippen LogP contribution >= 0.6 is 11.6 Å². The maximum atomic E-state index is 12.0. The number of amides is 1. The zero-order valence-corrected chi connectivity index (χ0v) is 12.9. The molecule has 0 atom stereocenters. The van der Waals surface area contributed by atoms with E-state index in [1.165, 1.54) is 6.20 Å². The Balaban J connectivity index is 1.65. The minimum absolute atomic E-state index is 0.184. The first-order chi connectivity index (χ1) is 11.2. The van der Waals surface area contributed by atoms with Gasteiger partial charge in [0.1, 0.15) is 0 Å². The first-order valence-electron chi connectivity index (χ1n) is 7.05. The third kappa shape index (κ3) is 4.08. The lowest BCUT2D eigenvalue weighted by Gasteiger charge is -2.09. The van der Waals surface area contributed by atoms with Crippen molar-refractivity contribution in [3.63, 3.8) is 0 Å². The summed E-state index contributed by atoms with van der Waals surface area (Å²) in [5, 5.41) is 6.79.